The zero-order valence-electron chi connectivity index (χ0n) is 14.7. The van der Waals surface area contributed by atoms with E-state index in [1.165, 1.54) is 19.2 Å². The average Bonchev–Trinajstić information content (AvgIpc) is 2.66. The first-order valence-corrected chi connectivity index (χ1v) is 8.25. The number of esters is 1. The van der Waals surface area contributed by atoms with Gasteiger partial charge in [0.2, 0.25) is 0 Å². The van der Waals surface area contributed by atoms with Crippen LogP contribution in [-0.4, -0.2) is 32.1 Å². The highest BCUT2D eigenvalue weighted by Crippen LogP contribution is 2.23. The van der Waals surface area contributed by atoms with Crippen molar-refractivity contribution in [2.24, 2.45) is 0 Å². The zero-order chi connectivity index (χ0) is 19.6. The standard InChI is InChI=1S/C19H20F2N2O4/c1-26-17(24)7-4-12-22-18(25)15-5-2-3-6-16(15)23-13-8-10-14(11-9-13)27-19(20)21/h2-3,5-6,8-11,19,23H,4,7,12H2,1H3,(H,22,25). The molecule has 0 radical (unpaired) electrons. The minimum Gasteiger partial charge on any atom is -0.469 e. The van der Waals surface area contributed by atoms with Gasteiger partial charge in [-0.15, -0.1) is 0 Å². The van der Waals surface area contributed by atoms with Crippen LogP contribution in [0.4, 0.5) is 20.2 Å². The van der Waals surface area contributed by atoms with Crippen molar-refractivity contribution in [3.8, 4) is 5.75 Å². The van der Waals surface area contributed by atoms with E-state index in [0.717, 1.165) is 0 Å². The molecule has 6 nitrogen and oxygen atoms in total. The molecule has 0 aromatic heterocycles. The Kier molecular flexibility index (Phi) is 7.54. The largest absolute Gasteiger partial charge is 0.469 e. The molecular formula is C19H20F2N2O4. The van der Waals surface area contributed by atoms with Gasteiger partial charge in [-0.1, -0.05) is 12.1 Å². The van der Waals surface area contributed by atoms with E-state index in [1.54, 1.807) is 36.4 Å². The summed E-state index contributed by atoms with van der Waals surface area (Å²) < 4.78 is 33.2. The Balaban J connectivity index is 1.98. The molecule has 0 spiro atoms. The lowest BCUT2D eigenvalue weighted by atomic mass is 10.1. The van der Waals surface area contributed by atoms with Crippen molar-refractivity contribution in [3.63, 3.8) is 0 Å². The minimum absolute atomic E-state index is 0.0483. The number of hydrogen-bond acceptors (Lipinski definition) is 5. The van der Waals surface area contributed by atoms with Crippen LogP contribution in [0.3, 0.4) is 0 Å². The number of carbonyl (C=O) groups excluding carboxylic acids is 2. The number of amides is 1. The van der Waals surface area contributed by atoms with Crippen LogP contribution in [-0.2, 0) is 9.53 Å². The second-order valence-corrected chi connectivity index (χ2v) is 5.51. The van der Waals surface area contributed by atoms with Gasteiger partial charge in [0.05, 0.1) is 18.4 Å². The number of hydrogen-bond donors (Lipinski definition) is 2. The molecule has 1 amide bonds. The molecule has 2 aromatic carbocycles. The zero-order valence-corrected chi connectivity index (χ0v) is 14.7. The first-order valence-electron chi connectivity index (χ1n) is 8.25. The van der Waals surface area contributed by atoms with E-state index in [1.807, 2.05) is 0 Å². The van der Waals surface area contributed by atoms with Crippen molar-refractivity contribution >= 4 is 23.3 Å². The van der Waals surface area contributed by atoms with E-state index in [2.05, 4.69) is 20.1 Å². The quantitative estimate of drug-likeness (QED) is 0.514. The topological polar surface area (TPSA) is 76.7 Å². The van der Waals surface area contributed by atoms with Crippen molar-refractivity contribution in [3.05, 3.63) is 54.1 Å². The summed E-state index contributed by atoms with van der Waals surface area (Å²) in [7, 11) is 1.31. The number of nitrogens with one attached hydrogen (secondary N) is 2. The van der Waals surface area contributed by atoms with E-state index < -0.39 is 6.61 Å². The third kappa shape index (κ3) is 6.58. The predicted octanol–water partition coefficient (Wildman–Crippen LogP) is 3.71. The van der Waals surface area contributed by atoms with E-state index in [-0.39, 0.29) is 24.0 Å². The lowest BCUT2D eigenvalue weighted by Crippen LogP contribution is -2.25. The lowest BCUT2D eigenvalue weighted by molar-refractivity contribution is -0.140. The fourth-order valence-electron chi connectivity index (χ4n) is 2.30. The molecule has 0 saturated heterocycles. The van der Waals surface area contributed by atoms with Crippen LogP contribution in [0.2, 0.25) is 0 Å². The van der Waals surface area contributed by atoms with E-state index in [9.17, 15) is 18.4 Å². The number of methoxy groups -OCH3 is 1. The van der Waals surface area contributed by atoms with Gasteiger partial charge in [0, 0.05) is 18.7 Å². The third-order valence-electron chi connectivity index (χ3n) is 3.60. The molecule has 0 aliphatic carbocycles. The summed E-state index contributed by atoms with van der Waals surface area (Å²) >= 11 is 0. The van der Waals surface area contributed by atoms with Crippen LogP contribution in [0.1, 0.15) is 23.2 Å². The van der Waals surface area contributed by atoms with Crippen LogP contribution in [0, 0.1) is 0 Å². The fourth-order valence-corrected chi connectivity index (χ4v) is 2.30. The summed E-state index contributed by atoms with van der Waals surface area (Å²) in [5, 5.41) is 5.82. The summed E-state index contributed by atoms with van der Waals surface area (Å²) in [6.45, 7) is -2.55. The number of rotatable bonds is 9. The molecule has 0 fully saturated rings. The summed E-state index contributed by atoms with van der Waals surface area (Å²) in [5.74, 6) is -0.571. The molecule has 27 heavy (non-hydrogen) atoms. The van der Waals surface area contributed by atoms with Gasteiger partial charge >= 0.3 is 12.6 Å². The third-order valence-corrected chi connectivity index (χ3v) is 3.60. The molecule has 2 aromatic rings. The molecule has 0 heterocycles. The number of benzene rings is 2. The van der Waals surface area contributed by atoms with Crippen LogP contribution in [0.15, 0.2) is 48.5 Å². The highest BCUT2D eigenvalue weighted by molar-refractivity contribution is 6.00. The van der Waals surface area contributed by atoms with Crippen molar-refractivity contribution < 1.29 is 27.8 Å². The predicted molar refractivity (Wildman–Crippen MR) is 96.4 cm³/mol. The van der Waals surface area contributed by atoms with E-state index in [0.29, 0.717) is 29.9 Å². The SMILES string of the molecule is COC(=O)CCCNC(=O)c1ccccc1Nc1ccc(OC(F)F)cc1. The Morgan fingerprint density at radius 3 is 2.44 bits per heavy atom. The highest BCUT2D eigenvalue weighted by Gasteiger charge is 2.11. The summed E-state index contributed by atoms with van der Waals surface area (Å²) in [5.41, 5.74) is 1.59. The Morgan fingerprint density at radius 1 is 1.07 bits per heavy atom. The summed E-state index contributed by atoms with van der Waals surface area (Å²) in [6.07, 6.45) is 0.698. The van der Waals surface area contributed by atoms with Gasteiger partial charge in [0.15, 0.2) is 0 Å². The highest BCUT2D eigenvalue weighted by atomic mass is 19.3. The first kappa shape index (κ1) is 20.2. The van der Waals surface area contributed by atoms with E-state index in [4.69, 9.17) is 0 Å². The second-order valence-electron chi connectivity index (χ2n) is 5.51. The number of alkyl halides is 2. The average molecular weight is 378 g/mol. The molecule has 0 saturated carbocycles. The van der Waals surface area contributed by atoms with Crippen LogP contribution < -0.4 is 15.4 Å². The Hall–Kier alpha value is -3.16. The Morgan fingerprint density at radius 2 is 1.78 bits per heavy atom. The second kappa shape index (κ2) is 10.1. The molecule has 0 bridgehead atoms. The van der Waals surface area contributed by atoms with Crippen molar-refractivity contribution in [1.82, 2.24) is 5.32 Å². The molecule has 0 atom stereocenters. The number of ether oxygens (including phenoxy) is 2. The number of para-hydroxylation sites is 1. The fraction of sp³-hybridized carbons (Fsp3) is 0.263. The van der Waals surface area contributed by atoms with E-state index >= 15 is 0 Å². The Bertz CT molecular complexity index is 767. The van der Waals surface area contributed by atoms with Gasteiger partial charge in [0.25, 0.3) is 5.91 Å². The maximum absolute atomic E-state index is 12.4. The maximum atomic E-state index is 12.4. The van der Waals surface area contributed by atoms with Gasteiger partial charge in [0.1, 0.15) is 5.75 Å². The number of halogens is 2. The molecule has 0 unspecified atom stereocenters. The normalized spacial score (nSPS) is 10.4. The maximum Gasteiger partial charge on any atom is 0.387 e. The first-order chi connectivity index (χ1) is 13.0. The van der Waals surface area contributed by atoms with Crippen LogP contribution in [0.5, 0.6) is 5.75 Å². The van der Waals surface area contributed by atoms with Crippen molar-refractivity contribution in [2.75, 3.05) is 19.0 Å². The van der Waals surface area contributed by atoms with Crippen LogP contribution >= 0.6 is 0 Å². The number of anilines is 2. The Labute approximate surface area is 155 Å². The molecule has 144 valence electrons. The van der Waals surface area contributed by atoms with Gasteiger partial charge in [-0.05, 0) is 42.8 Å². The smallest absolute Gasteiger partial charge is 0.387 e. The monoisotopic (exact) mass is 378 g/mol. The molecule has 2 rings (SSSR count). The van der Waals surface area contributed by atoms with Gasteiger partial charge in [-0.25, -0.2) is 0 Å². The summed E-state index contributed by atoms with van der Waals surface area (Å²) in [4.78, 5) is 23.4. The summed E-state index contributed by atoms with van der Waals surface area (Å²) in [6, 6.07) is 12.8. The van der Waals surface area contributed by atoms with Gasteiger partial charge in [-0.2, -0.15) is 8.78 Å². The lowest BCUT2D eigenvalue weighted by Gasteiger charge is -2.13. The molecule has 8 heteroatoms. The van der Waals surface area contributed by atoms with Crippen molar-refractivity contribution in [1.29, 1.82) is 0 Å². The molecule has 0 aliphatic heterocycles. The number of carbonyl (C=O) groups is 2. The van der Waals surface area contributed by atoms with Gasteiger partial charge in [-0.3, -0.25) is 9.59 Å². The molecular weight excluding hydrogens is 358 g/mol. The molecule has 0 aliphatic rings. The van der Waals surface area contributed by atoms with Crippen molar-refractivity contribution in [2.45, 2.75) is 19.5 Å². The van der Waals surface area contributed by atoms with Gasteiger partial charge < -0.3 is 20.1 Å². The molecule has 2 N–H and O–H groups in total. The van der Waals surface area contributed by atoms with Crippen LogP contribution in [0.25, 0.3) is 0 Å². The minimum atomic E-state index is -2.88.